The van der Waals surface area contributed by atoms with Crippen molar-refractivity contribution in [3.05, 3.63) is 71.8 Å². The molecule has 5 nitrogen and oxygen atoms in total. The minimum atomic E-state index is -1.45. The third kappa shape index (κ3) is 6.59. The number of carbonyl (C=O) groups is 1. The minimum Gasteiger partial charge on any atom is -0.458 e. The van der Waals surface area contributed by atoms with Crippen LogP contribution in [-0.4, -0.2) is 45.7 Å². The van der Waals surface area contributed by atoms with Crippen molar-refractivity contribution in [3.8, 4) is 0 Å². The fraction of sp³-hybridized carbons (Fsp3) is 0.391. The zero-order valence-electron chi connectivity index (χ0n) is 16.9. The second-order valence-electron chi connectivity index (χ2n) is 8.12. The largest absolute Gasteiger partial charge is 0.458 e. The Morgan fingerprint density at radius 3 is 1.82 bits per heavy atom. The SMILES string of the molecule is CC(O)(CO)CC(N=C(c1ccccc1)c1ccccc1)C(=O)OC(C)(C)C. The molecular weight excluding hydrogens is 354 g/mol. The van der Waals surface area contributed by atoms with E-state index >= 15 is 0 Å². The maximum Gasteiger partial charge on any atom is 0.331 e. The summed E-state index contributed by atoms with van der Waals surface area (Å²) in [6.07, 6.45) is -0.0540. The molecule has 0 amide bonds. The molecule has 2 N–H and O–H groups in total. The fourth-order valence-electron chi connectivity index (χ4n) is 2.70. The Morgan fingerprint density at radius 1 is 0.964 bits per heavy atom. The van der Waals surface area contributed by atoms with Crippen molar-refractivity contribution in [2.24, 2.45) is 4.99 Å². The van der Waals surface area contributed by atoms with Gasteiger partial charge in [-0.15, -0.1) is 0 Å². The van der Waals surface area contributed by atoms with Gasteiger partial charge in [-0.1, -0.05) is 60.7 Å². The Labute approximate surface area is 166 Å². The third-order valence-electron chi connectivity index (χ3n) is 4.03. The smallest absolute Gasteiger partial charge is 0.331 e. The normalized spacial score (nSPS) is 14.6. The molecule has 2 rings (SSSR count). The standard InChI is InChI=1S/C23H29NO4/c1-22(2,3)28-21(26)19(15-23(4,27)16-25)24-20(17-11-7-5-8-12-17)18-13-9-6-10-14-18/h5-14,19,25,27H,15-16H2,1-4H3. The molecule has 0 bridgehead atoms. The fourth-order valence-corrected chi connectivity index (χ4v) is 2.70. The van der Waals surface area contributed by atoms with Gasteiger partial charge in [0.2, 0.25) is 0 Å². The van der Waals surface area contributed by atoms with Gasteiger partial charge in [-0.2, -0.15) is 0 Å². The highest BCUT2D eigenvalue weighted by atomic mass is 16.6. The number of esters is 1. The number of aliphatic hydroxyl groups excluding tert-OH is 1. The van der Waals surface area contributed by atoms with Crippen molar-refractivity contribution >= 4 is 11.7 Å². The molecule has 5 heteroatoms. The quantitative estimate of drug-likeness (QED) is 0.568. The lowest BCUT2D eigenvalue weighted by molar-refractivity contribution is -0.158. The predicted molar refractivity (Wildman–Crippen MR) is 110 cm³/mol. The van der Waals surface area contributed by atoms with E-state index in [2.05, 4.69) is 0 Å². The lowest BCUT2D eigenvalue weighted by Crippen LogP contribution is -2.39. The van der Waals surface area contributed by atoms with Gasteiger partial charge >= 0.3 is 5.97 Å². The average Bonchev–Trinajstić information content (AvgIpc) is 2.65. The predicted octanol–water partition coefficient (Wildman–Crippen LogP) is 3.37. The van der Waals surface area contributed by atoms with Crippen LogP contribution in [0.2, 0.25) is 0 Å². The van der Waals surface area contributed by atoms with E-state index < -0.39 is 29.8 Å². The molecule has 2 atom stereocenters. The Bertz CT molecular complexity index is 751. The topological polar surface area (TPSA) is 79.1 Å². The number of nitrogens with zero attached hydrogens (tertiary/aromatic N) is 1. The zero-order chi connectivity index (χ0) is 20.8. The summed E-state index contributed by atoms with van der Waals surface area (Å²) in [5.74, 6) is -0.536. The summed E-state index contributed by atoms with van der Waals surface area (Å²) in [7, 11) is 0. The van der Waals surface area contributed by atoms with Gasteiger partial charge in [-0.3, -0.25) is 4.99 Å². The number of hydrogen-bond acceptors (Lipinski definition) is 5. The second-order valence-corrected chi connectivity index (χ2v) is 8.12. The van der Waals surface area contributed by atoms with E-state index in [4.69, 9.17) is 9.73 Å². The number of aliphatic hydroxyl groups is 2. The number of benzene rings is 2. The lowest BCUT2D eigenvalue weighted by atomic mass is 9.96. The summed E-state index contributed by atoms with van der Waals surface area (Å²) >= 11 is 0. The van der Waals surface area contributed by atoms with E-state index in [1.807, 2.05) is 60.7 Å². The van der Waals surface area contributed by atoms with Gasteiger partial charge < -0.3 is 14.9 Å². The molecule has 0 aliphatic carbocycles. The molecular formula is C23H29NO4. The molecule has 0 fully saturated rings. The van der Waals surface area contributed by atoms with Crippen LogP contribution < -0.4 is 0 Å². The van der Waals surface area contributed by atoms with Crippen LogP contribution in [0.15, 0.2) is 65.7 Å². The third-order valence-corrected chi connectivity index (χ3v) is 4.03. The summed E-state index contributed by atoms with van der Waals surface area (Å²) in [6, 6.07) is 18.1. The van der Waals surface area contributed by atoms with E-state index in [0.717, 1.165) is 11.1 Å². The van der Waals surface area contributed by atoms with Crippen LogP contribution in [0.3, 0.4) is 0 Å². The van der Waals surface area contributed by atoms with Gasteiger partial charge in [0, 0.05) is 17.5 Å². The van der Waals surface area contributed by atoms with Gasteiger partial charge in [-0.25, -0.2) is 4.79 Å². The van der Waals surface area contributed by atoms with Crippen LogP contribution in [0.5, 0.6) is 0 Å². The highest BCUT2D eigenvalue weighted by Crippen LogP contribution is 2.21. The molecule has 2 aromatic carbocycles. The first kappa shape index (κ1) is 21.8. The van der Waals surface area contributed by atoms with E-state index in [9.17, 15) is 15.0 Å². The number of rotatable bonds is 7. The van der Waals surface area contributed by atoms with Crippen molar-refractivity contribution in [2.45, 2.75) is 51.4 Å². The highest BCUT2D eigenvalue weighted by molar-refractivity contribution is 6.13. The van der Waals surface area contributed by atoms with Crippen LogP contribution in [0.4, 0.5) is 0 Å². The Morgan fingerprint density at radius 2 is 1.43 bits per heavy atom. The van der Waals surface area contributed by atoms with Crippen molar-refractivity contribution in [1.29, 1.82) is 0 Å². The van der Waals surface area contributed by atoms with Crippen molar-refractivity contribution in [2.75, 3.05) is 6.61 Å². The first-order chi connectivity index (χ1) is 13.1. The van der Waals surface area contributed by atoms with Crippen LogP contribution >= 0.6 is 0 Å². The van der Waals surface area contributed by atoms with Crippen molar-refractivity contribution < 1.29 is 19.7 Å². The molecule has 0 aliphatic rings. The zero-order valence-corrected chi connectivity index (χ0v) is 16.9. The molecule has 0 radical (unpaired) electrons. The Kier molecular flexibility index (Phi) is 7.11. The number of ether oxygens (including phenoxy) is 1. The van der Waals surface area contributed by atoms with Gasteiger partial charge in [-0.05, 0) is 27.7 Å². The first-order valence-electron chi connectivity index (χ1n) is 9.36. The molecule has 28 heavy (non-hydrogen) atoms. The lowest BCUT2D eigenvalue weighted by Gasteiger charge is -2.27. The van der Waals surface area contributed by atoms with Crippen LogP contribution in [0.25, 0.3) is 0 Å². The van der Waals surface area contributed by atoms with E-state index in [1.165, 1.54) is 6.92 Å². The number of aliphatic imine (C=N–C) groups is 1. The summed E-state index contributed by atoms with van der Waals surface area (Å²) in [5, 5.41) is 19.8. The van der Waals surface area contributed by atoms with Gasteiger partial charge in [0.25, 0.3) is 0 Å². The molecule has 150 valence electrons. The maximum absolute atomic E-state index is 12.8. The maximum atomic E-state index is 12.8. The molecule has 0 aromatic heterocycles. The molecule has 0 spiro atoms. The van der Waals surface area contributed by atoms with Crippen molar-refractivity contribution in [1.82, 2.24) is 0 Å². The molecule has 2 aromatic rings. The van der Waals surface area contributed by atoms with Crippen LogP contribution in [0.1, 0.15) is 45.2 Å². The van der Waals surface area contributed by atoms with Crippen molar-refractivity contribution in [3.63, 3.8) is 0 Å². The molecule has 2 unspecified atom stereocenters. The van der Waals surface area contributed by atoms with E-state index in [1.54, 1.807) is 20.8 Å². The summed E-state index contributed by atoms with van der Waals surface area (Å²) in [5.41, 5.74) is 0.196. The monoisotopic (exact) mass is 383 g/mol. The Hall–Kier alpha value is -2.50. The molecule has 0 aliphatic heterocycles. The number of hydrogen-bond donors (Lipinski definition) is 2. The summed E-state index contributed by atoms with van der Waals surface area (Å²) in [6.45, 7) is 6.35. The molecule has 0 saturated carbocycles. The van der Waals surface area contributed by atoms with E-state index in [0.29, 0.717) is 5.71 Å². The Balaban J connectivity index is 2.53. The van der Waals surface area contributed by atoms with Crippen LogP contribution in [-0.2, 0) is 9.53 Å². The van der Waals surface area contributed by atoms with E-state index in [-0.39, 0.29) is 6.42 Å². The van der Waals surface area contributed by atoms with Crippen LogP contribution in [0, 0.1) is 0 Å². The minimum absolute atomic E-state index is 0.0540. The van der Waals surface area contributed by atoms with Gasteiger partial charge in [0.05, 0.1) is 17.9 Å². The average molecular weight is 383 g/mol. The second kappa shape index (κ2) is 9.13. The molecule has 0 saturated heterocycles. The highest BCUT2D eigenvalue weighted by Gasteiger charge is 2.32. The van der Waals surface area contributed by atoms with Gasteiger partial charge in [0.15, 0.2) is 6.04 Å². The molecule has 0 heterocycles. The van der Waals surface area contributed by atoms with Gasteiger partial charge in [0.1, 0.15) is 5.60 Å². The number of carbonyl (C=O) groups excluding carboxylic acids is 1. The first-order valence-corrected chi connectivity index (χ1v) is 9.36. The summed E-state index contributed by atoms with van der Waals surface area (Å²) in [4.78, 5) is 17.5. The summed E-state index contributed by atoms with van der Waals surface area (Å²) < 4.78 is 5.52.